The first-order valence-corrected chi connectivity index (χ1v) is 7.31. The highest BCUT2D eigenvalue weighted by atomic mass is 32.2. The van der Waals surface area contributed by atoms with Crippen molar-refractivity contribution in [1.82, 2.24) is 5.32 Å². The third kappa shape index (κ3) is 6.71. The van der Waals surface area contributed by atoms with Crippen LogP contribution in [0.15, 0.2) is 29.2 Å². The molecule has 0 bridgehead atoms. The number of hydrogen-bond donors (Lipinski definition) is 2. The molecule has 0 radical (unpaired) electrons. The van der Waals surface area contributed by atoms with Gasteiger partial charge in [0.25, 0.3) is 0 Å². The molecule has 0 heterocycles. The molecule has 1 unspecified atom stereocenters. The lowest BCUT2D eigenvalue weighted by Crippen LogP contribution is -2.13. The summed E-state index contributed by atoms with van der Waals surface area (Å²) < 4.78 is 0. The van der Waals surface area contributed by atoms with Gasteiger partial charge < -0.3 is 10.4 Å². The number of aliphatic hydroxyl groups excluding tert-OH is 1. The molecule has 0 aliphatic carbocycles. The minimum Gasteiger partial charge on any atom is -0.393 e. The summed E-state index contributed by atoms with van der Waals surface area (Å²) in [6, 6.07) is 8.63. The monoisotopic (exact) mass is 253 g/mol. The van der Waals surface area contributed by atoms with Gasteiger partial charge in [-0.1, -0.05) is 19.1 Å². The summed E-state index contributed by atoms with van der Waals surface area (Å²) >= 11 is 1.81. The lowest BCUT2D eigenvalue weighted by Gasteiger charge is -2.07. The Morgan fingerprint density at radius 1 is 1.41 bits per heavy atom. The third-order valence-corrected chi connectivity index (χ3v) is 3.49. The van der Waals surface area contributed by atoms with Crippen LogP contribution in [0.3, 0.4) is 0 Å². The number of aliphatic hydroxyl groups is 1. The first-order chi connectivity index (χ1) is 8.22. The Kier molecular flexibility index (Phi) is 7.33. The third-order valence-electron chi connectivity index (χ3n) is 2.46. The maximum Gasteiger partial charge on any atom is 0.0520 e. The van der Waals surface area contributed by atoms with Crippen molar-refractivity contribution in [3.8, 4) is 0 Å². The van der Waals surface area contributed by atoms with Crippen LogP contribution in [0.1, 0.15) is 32.3 Å². The number of hydrogen-bond acceptors (Lipinski definition) is 3. The first-order valence-electron chi connectivity index (χ1n) is 6.33. The fraction of sp³-hybridized carbons (Fsp3) is 0.571. The van der Waals surface area contributed by atoms with Gasteiger partial charge in [-0.3, -0.25) is 0 Å². The lowest BCUT2D eigenvalue weighted by molar-refractivity contribution is 0.192. The fourth-order valence-corrected chi connectivity index (χ4v) is 2.61. The van der Waals surface area contributed by atoms with Crippen molar-refractivity contribution in [2.75, 3.05) is 12.3 Å². The van der Waals surface area contributed by atoms with Crippen LogP contribution in [0, 0.1) is 0 Å². The van der Waals surface area contributed by atoms with Gasteiger partial charge in [-0.25, -0.2) is 0 Å². The van der Waals surface area contributed by atoms with Crippen LogP contribution in [0.25, 0.3) is 0 Å². The minimum absolute atomic E-state index is 0.197. The van der Waals surface area contributed by atoms with Gasteiger partial charge in [0.2, 0.25) is 0 Å². The zero-order chi connectivity index (χ0) is 12.5. The Bertz CT molecular complexity index is 315. The number of nitrogens with one attached hydrogen (secondary N) is 1. The van der Waals surface area contributed by atoms with Crippen molar-refractivity contribution in [2.45, 2.75) is 44.2 Å². The quantitative estimate of drug-likeness (QED) is 0.552. The van der Waals surface area contributed by atoms with Crippen LogP contribution in [-0.2, 0) is 6.54 Å². The van der Waals surface area contributed by atoms with Gasteiger partial charge in [0.05, 0.1) is 6.10 Å². The van der Waals surface area contributed by atoms with Gasteiger partial charge in [-0.15, -0.1) is 11.8 Å². The molecule has 0 saturated carbocycles. The molecule has 0 aliphatic heterocycles. The predicted molar refractivity (Wildman–Crippen MR) is 75.5 cm³/mol. The van der Waals surface area contributed by atoms with Crippen LogP contribution < -0.4 is 5.32 Å². The van der Waals surface area contributed by atoms with Crippen molar-refractivity contribution >= 4 is 11.8 Å². The molecule has 2 N–H and O–H groups in total. The first kappa shape index (κ1) is 14.6. The molecular formula is C14H23NOS. The summed E-state index contributed by atoms with van der Waals surface area (Å²) in [7, 11) is 0. The van der Waals surface area contributed by atoms with Crippen LogP contribution in [0.2, 0.25) is 0 Å². The van der Waals surface area contributed by atoms with Crippen LogP contribution in [0.5, 0.6) is 0 Å². The fourth-order valence-electron chi connectivity index (χ4n) is 1.50. The molecule has 17 heavy (non-hydrogen) atoms. The molecule has 1 atom stereocenters. The van der Waals surface area contributed by atoms with E-state index in [2.05, 4.69) is 36.5 Å². The Morgan fingerprint density at radius 3 is 2.94 bits per heavy atom. The average molecular weight is 253 g/mol. The van der Waals surface area contributed by atoms with E-state index >= 15 is 0 Å². The van der Waals surface area contributed by atoms with Gasteiger partial charge in [0.15, 0.2) is 0 Å². The van der Waals surface area contributed by atoms with Crippen molar-refractivity contribution in [2.24, 2.45) is 0 Å². The summed E-state index contributed by atoms with van der Waals surface area (Å²) in [5, 5.41) is 12.6. The molecule has 3 heteroatoms. The Hall–Kier alpha value is -0.510. The zero-order valence-electron chi connectivity index (χ0n) is 10.8. The molecule has 2 nitrogen and oxygen atoms in total. The molecule has 0 spiro atoms. The van der Waals surface area contributed by atoms with E-state index in [9.17, 15) is 5.11 Å². The molecule has 96 valence electrons. The normalized spacial score (nSPS) is 12.6. The smallest absolute Gasteiger partial charge is 0.0520 e. The number of benzene rings is 1. The highest BCUT2D eigenvalue weighted by Gasteiger charge is 1.99. The van der Waals surface area contributed by atoms with E-state index in [4.69, 9.17) is 0 Å². The van der Waals surface area contributed by atoms with Gasteiger partial charge >= 0.3 is 0 Å². The summed E-state index contributed by atoms with van der Waals surface area (Å²) in [4.78, 5) is 1.29. The zero-order valence-corrected chi connectivity index (χ0v) is 11.6. The Labute approximate surface area is 109 Å². The standard InChI is InChI=1S/C14H23NOS/c1-3-8-15-11-13-5-4-6-14(10-13)17-9-7-12(2)16/h4-6,10,12,15-16H,3,7-9,11H2,1-2H3. The summed E-state index contributed by atoms with van der Waals surface area (Å²) in [6.45, 7) is 6.03. The van der Waals surface area contributed by atoms with Crippen molar-refractivity contribution in [3.63, 3.8) is 0 Å². The lowest BCUT2D eigenvalue weighted by atomic mass is 10.2. The van der Waals surface area contributed by atoms with Crippen molar-refractivity contribution in [1.29, 1.82) is 0 Å². The van der Waals surface area contributed by atoms with Gasteiger partial charge in [0.1, 0.15) is 0 Å². The number of rotatable bonds is 8. The summed E-state index contributed by atoms with van der Waals surface area (Å²) in [5.74, 6) is 0.976. The molecular weight excluding hydrogens is 230 g/mol. The Morgan fingerprint density at radius 2 is 2.24 bits per heavy atom. The van der Waals surface area contributed by atoms with E-state index < -0.39 is 0 Å². The Balaban J connectivity index is 2.37. The number of thioether (sulfide) groups is 1. The molecule has 1 rings (SSSR count). The molecule has 0 aliphatic rings. The molecule has 0 amide bonds. The average Bonchev–Trinajstić information content (AvgIpc) is 2.29. The SMILES string of the molecule is CCCNCc1cccc(SCCC(C)O)c1. The van der Waals surface area contributed by atoms with Gasteiger partial charge in [-0.05, 0) is 44.0 Å². The van der Waals surface area contributed by atoms with E-state index in [1.165, 1.54) is 16.9 Å². The van der Waals surface area contributed by atoms with E-state index in [-0.39, 0.29) is 6.10 Å². The van der Waals surface area contributed by atoms with Gasteiger partial charge in [-0.2, -0.15) is 0 Å². The second-order valence-electron chi connectivity index (χ2n) is 4.31. The summed E-state index contributed by atoms with van der Waals surface area (Å²) in [6.07, 6.45) is 1.82. The predicted octanol–water partition coefficient (Wildman–Crippen LogP) is 3.05. The highest BCUT2D eigenvalue weighted by Crippen LogP contribution is 2.20. The topological polar surface area (TPSA) is 32.3 Å². The molecule has 0 fully saturated rings. The highest BCUT2D eigenvalue weighted by molar-refractivity contribution is 7.99. The largest absolute Gasteiger partial charge is 0.393 e. The second kappa shape index (κ2) is 8.56. The van der Waals surface area contributed by atoms with Gasteiger partial charge in [0, 0.05) is 17.2 Å². The van der Waals surface area contributed by atoms with Crippen LogP contribution in [0.4, 0.5) is 0 Å². The van der Waals surface area contributed by atoms with Crippen LogP contribution in [-0.4, -0.2) is 23.5 Å². The van der Waals surface area contributed by atoms with E-state index in [0.717, 1.165) is 25.3 Å². The maximum absolute atomic E-state index is 9.20. The second-order valence-corrected chi connectivity index (χ2v) is 5.48. The molecule has 0 aromatic heterocycles. The maximum atomic E-state index is 9.20. The van der Waals surface area contributed by atoms with Crippen molar-refractivity contribution in [3.05, 3.63) is 29.8 Å². The molecule has 1 aromatic rings. The van der Waals surface area contributed by atoms with E-state index in [1.54, 1.807) is 0 Å². The molecule has 1 aromatic carbocycles. The minimum atomic E-state index is -0.197. The summed E-state index contributed by atoms with van der Waals surface area (Å²) in [5.41, 5.74) is 1.33. The van der Waals surface area contributed by atoms with E-state index in [1.807, 2.05) is 18.7 Å². The molecule has 0 saturated heterocycles. The van der Waals surface area contributed by atoms with Crippen molar-refractivity contribution < 1.29 is 5.11 Å². The van der Waals surface area contributed by atoms with E-state index in [0.29, 0.717) is 0 Å². The van der Waals surface area contributed by atoms with Crippen LogP contribution >= 0.6 is 11.8 Å².